The van der Waals surface area contributed by atoms with Gasteiger partial charge in [-0.05, 0) is 43.7 Å². The van der Waals surface area contributed by atoms with Gasteiger partial charge in [0.1, 0.15) is 6.07 Å². The number of nitriles is 1. The second kappa shape index (κ2) is 3.79. The molecular weight excluding hydrogens is 198 g/mol. The topological polar surface area (TPSA) is 39.9 Å². The zero-order valence-electron chi connectivity index (χ0n) is 9.26. The molecule has 3 nitrogen and oxygen atoms in total. The van der Waals surface area contributed by atoms with Crippen LogP contribution in [-0.4, -0.2) is 17.6 Å². The normalized spacial score (nSPS) is 19.2. The van der Waals surface area contributed by atoms with E-state index in [0.29, 0.717) is 11.7 Å². The van der Waals surface area contributed by atoms with Crippen LogP contribution < -0.4 is 4.90 Å². The van der Waals surface area contributed by atoms with Gasteiger partial charge in [0.15, 0.2) is 5.69 Å². The van der Waals surface area contributed by atoms with E-state index in [1.165, 1.54) is 25.7 Å². The monoisotopic (exact) mass is 213 g/mol. The van der Waals surface area contributed by atoms with Crippen molar-refractivity contribution in [2.45, 2.75) is 31.7 Å². The van der Waals surface area contributed by atoms with Gasteiger partial charge in [-0.2, -0.15) is 5.26 Å². The van der Waals surface area contributed by atoms with E-state index >= 15 is 0 Å². The summed E-state index contributed by atoms with van der Waals surface area (Å²) in [5.41, 5.74) is 1.62. The van der Waals surface area contributed by atoms with E-state index in [0.717, 1.165) is 18.2 Å². The molecule has 1 aromatic rings. The van der Waals surface area contributed by atoms with Crippen molar-refractivity contribution in [2.75, 3.05) is 11.4 Å². The summed E-state index contributed by atoms with van der Waals surface area (Å²) in [5.74, 6) is 0.854. The molecule has 3 heteroatoms. The van der Waals surface area contributed by atoms with E-state index in [1.54, 1.807) is 6.20 Å². The maximum absolute atomic E-state index is 9.08. The molecular formula is C13H15N3. The lowest BCUT2D eigenvalue weighted by Gasteiger charge is -2.24. The Morgan fingerprint density at radius 3 is 2.81 bits per heavy atom. The van der Waals surface area contributed by atoms with Gasteiger partial charge >= 0.3 is 0 Å². The molecule has 0 aromatic carbocycles. The van der Waals surface area contributed by atoms with Gasteiger partial charge in [-0.25, -0.2) is 4.98 Å². The van der Waals surface area contributed by atoms with Gasteiger partial charge in [-0.3, -0.25) is 0 Å². The second-order valence-electron chi connectivity index (χ2n) is 4.81. The minimum atomic E-state index is 0.579. The minimum Gasteiger partial charge on any atom is -0.366 e. The summed E-state index contributed by atoms with van der Waals surface area (Å²) in [4.78, 5) is 6.56. The Kier molecular flexibility index (Phi) is 2.28. The van der Waals surface area contributed by atoms with Crippen molar-refractivity contribution in [3.63, 3.8) is 0 Å². The Labute approximate surface area is 95.7 Å². The van der Waals surface area contributed by atoms with Gasteiger partial charge < -0.3 is 4.90 Å². The van der Waals surface area contributed by atoms with Crippen molar-refractivity contribution >= 4 is 5.69 Å². The fourth-order valence-corrected chi connectivity index (χ4v) is 2.12. The first-order valence-corrected chi connectivity index (χ1v) is 6.00. The Morgan fingerprint density at radius 2 is 2.19 bits per heavy atom. The average molecular weight is 213 g/mol. The standard InChI is InChI=1S/C13H15N3/c14-8-12-13(2-1-7-15-12)16(11-5-6-11)9-10-3-4-10/h1-2,7,10-11H,3-6,9H2. The molecule has 1 aromatic heterocycles. The van der Waals surface area contributed by atoms with Gasteiger partial charge in [0.05, 0.1) is 5.69 Å². The largest absolute Gasteiger partial charge is 0.366 e. The molecule has 0 aliphatic heterocycles. The average Bonchev–Trinajstić information content (AvgIpc) is 3.16. The SMILES string of the molecule is N#Cc1ncccc1N(CC1CC1)C1CC1. The second-order valence-corrected chi connectivity index (χ2v) is 4.81. The maximum atomic E-state index is 9.08. The molecule has 0 unspecified atom stereocenters. The Balaban J connectivity index is 1.88. The highest BCUT2D eigenvalue weighted by molar-refractivity contribution is 5.57. The van der Waals surface area contributed by atoms with Crippen molar-refractivity contribution in [1.29, 1.82) is 5.26 Å². The predicted octanol–water partition coefficient (Wildman–Crippen LogP) is 2.33. The summed E-state index contributed by atoms with van der Waals surface area (Å²) in [5, 5.41) is 9.08. The Morgan fingerprint density at radius 1 is 1.38 bits per heavy atom. The van der Waals surface area contributed by atoms with Crippen LogP contribution in [0, 0.1) is 17.2 Å². The van der Waals surface area contributed by atoms with E-state index in [1.807, 2.05) is 12.1 Å². The molecule has 3 rings (SSSR count). The van der Waals surface area contributed by atoms with E-state index in [2.05, 4.69) is 16.0 Å². The van der Waals surface area contributed by atoms with E-state index < -0.39 is 0 Å². The third-order valence-electron chi connectivity index (χ3n) is 3.34. The fourth-order valence-electron chi connectivity index (χ4n) is 2.12. The van der Waals surface area contributed by atoms with Crippen molar-refractivity contribution < 1.29 is 0 Å². The van der Waals surface area contributed by atoms with Crippen LogP contribution >= 0.6 is 0 Å². The van der Waals surface area contributed by atoms with Crippen LogP contribution in [0.1, 0.15) is 31.4 Å². The molecule has 1 heterocycles. The number of hydrogen-bond acceptors (Lipinski definition) is 3. The maximum Gasteiger partial charge on any atom is 0.163 e. The Hall–Kier alpha value is -1.56. The van der Waals surface area contributed by atoms with Crippen molar-refractivity contribution in [3.05, 3.63) is 24.0 Å². The molecule has 2 aliphatic rings. The lowest BCUT2D eigenvalue weighted by molar-refractivity contribution is 0.716. The quantitative estimate of drug-likeness (QED) is 0.770. The summed E-state index contributed by atoms with van der Waals surface area (Å²) < 4.78 is 0. The first kappa shape index (κ1) is 9.65. The molecule has 0 N–H and O–H groups in total. The molecule has 0 saturated heterocycles. The molecule has 82 valence electrons. The molecule has 16 heavy (non-hydrogen) atoms. The summed E-state index contributed by atoms with van der Waals surface area (Å²) in [6.07, 6.45) is 6.94. The van der Waals surface area contributed by atoms with Crippen LogP contribution in [0.3, 0.4) is 0 Å². The third kappa shape index (κ3) is 1.88. The van der Waals surface area contributed by atoms with E-state index in [9.17, 15) is 0 Å². The smallest absolute Gasteiger partial charge is 0.163 e. The van der Waals surface area contributed by atoms with Gasteiger partial charge in [0.2, 0.25) is 0 Å². The summed E-state index contributed by atoms with van der Waals surface area (Å²) >= 11 is 0. The van der Waals surface area contributed by atoms with Gasteiger partial charge in [-0.15, -0.1) is 0 Å². The van der Waals surface area contributed by atoms with Gasteiger partial charge in [-0.1, -0.05) is 0 Å². The molecule has 2 saturated carbocycles. The molecule has 2 aliphatic carbocycles. The highest BCUT2D eigenvalue weighted by atomic mass is 15.2. The number of anilines is 1. The molecule has 0 atom stereocenters. The molecule has 0 spiro atoms. The Bertz CT molecular complexity index is 427. The zero-order valence-corrected chi connectivity index (χ0v) is 9.26. The van der Waals surface area contributed by atoms with E-state index in [4.69, 9.17) is 5.26 Å². The van der Waals surface area contributed by atoms with Crippen molar-refractivity contribution in [2.24, 2.45) is 5.92 Å². The summed E-state index contributed by atoms with van der Waals surface area (Å²) in [6.45, 7) is 1.12. The van der Waals surface area contributed by atoms with Crippen LogP contribution in [-0.2, 0) is 0 Å². The fraction of sp³-hybridized carbons (Fsp3) is 0.538. The lowest BCUT2D eigenvalue weighted by atomic mass is 10.2. The van der Waals surface area contributed by atoms with Crippen molar-refractivity contribution in [3.8, 4) is 6.07 Å². The minimum absolute atomic E-state index is 0.579. The van der Waals surface area contributed by atoms with Crippen LogP contribution in [0.4, 0.5) is 5.69 Å². The summed E-state index contributed by atoms with van der Waals surface area (Å²) in [6, 6.07) is 6.83. The van der Waals surface area contributed by atoms with Crippen LogP contribution in [0.15, 0.2) is 18.3 Å². The molecule has 2 fully saturated rings. The predicted molar refractivity (Wildman–Crippen MR) is 62.0 cm³/mol. The number of nitrogens with zero attached hydrogens (tertiary/aromatic N) is 3. The number of pyridine rings is 1. The highest BCUT2D eigenvalue weighted by Gasteiger charge is 2.34. The van der Waals surface area contributed by atoms with E-state index in [-0.39, 0.29) is 0 Å². The third-order valence-corrected chi connectivity index (χ3v) is 3.34. The number of hydrogen-bond donors (Lipinski definition) is 0. The number of aromatic nitrogens is 1. The zero-order chi connectivity index (χ0) is 11.0. The first-order chi connectivity index (χ1) is 7.88. The van der Waals surface area contributed by atoms with Crippen LogP contribution in [0.25, 0.3) is 0 Å². The van der Waals surface area contributed by atoms with Gasteiger partial charge in [0.25, 0.3) is 0 Å². The summed E-state index contributed by atoms with van der Waals surface area (Å²) in [7, 11) is 0. The first-order valence-electron chi connectivity index (χ1n) is 6.00. The molecule has 0 radical (unpaired) electrons. The number of rotatable bonds is 4. The molecule has 0 bridgehead atoms. The highest BCUT2D eigenvalue weighted by Crippen LogP contribution is 2.38. The van der Waals surface area contributed by atoms with Crippen LogP contribution in [0.5, 0.6) is 0 Å². The van der Waals surface area contributed by atoms with Crippen LogP contribution in [0.2, 0.25) is 0 Å². The van der Waals surface area contributed by atoms with Gasteiger partial charge in [0, 0.05) is 18.8 Å². The lowest BCUT2D eigenvalue weighted by Crippen LogP contribution is -2.28. The molecule has 0 amide bonds. The van der Waals surface area contributed by atoms with Crippen molar-refractivity contribution in [1.82, 2.24) is 4.98 Å².